The predicted octanol–water partition coefficient (Wildman–Crippen LogP) is 4.30. The lowest BCUT2D eigenvalue weighted by atomic mass is 10.1. The molecule has 0 bridgehead atoms. The minimum absolute atomic E-state index is 0.156. The minimum Gasteiger partial charge on any atom is -0.497 e. The van der Waals surface area contributed by atoms with Crippen molar-refractivity contribution in [2.24, 2.45) is 0 Å². The molecule has 3 rings (SSSR count). The second-order valence-corrected chi connectivity index (χ2v) is 7.34. The SMILES string of the molecule is COc1ccc2nc(C)c(C(=O)NCCc3cc(OC)c(OC)cc3Br)cc2c1. The van der Waals surface area contributed by atoms with E-state index in [0.717, 1.165) is 26.7 Å². The molecule has 0 saturated carbocycles. The van der Waals surface area contributed by atoms with E-state index in [1.807, 2.05) is 43.3 Å². The Morgan fingerprint density at radius 1 is 1.03 bits per heavy atom. The van der Waals surface area contributed by atoms with Crippen molar-refractivity contribution in [3.63, 3.8) is 0 Å². The third kappa shape index (κ3) is 4.62. The van der Waals surface area contributed by atoms with Gasteiger partial charge in [0, 0.05) is 16.4 Å². The Morgan fingerprint density at radius 3 is 2.45 bits per heavy atom. The summed E-state index contributed by atoms with van der Waals surface area (Å²) in [7, 11) is 4.81. The Kier molecular flexibility index (Phi) is 6.59. The molecular weight excluding hydrogens is 436 g/mol. The molecule has 3 aromatic rings. The minimum atomic E-state index is -0.156. The first-order chi connectivity index (χ1) is 14.0. The van der Waals surface area contributed by atoms with Gasteiger partial charge in [0.15, 0.2) is 11.5 Å². The van der Waals surface area contributed by atoms with Crippen LogP contribution in [0.4, 0.5) is 0 Å². The summed E-state index contributed by atoms with van der Waals surface area (Å²) in [6.45, 7) is 2.31. The third-order valence-corrected chi connectivity index (χ3v) is 5.43. The fourth-order valence-corrected chi connectivity index (χ4v) is 3.62. The zero-order valence-corrected chi connectivity index (χ0v) is 18.4. The zero-order valence-electron chi connectivity index (χ0n) is 16.8. The summed E-state index contributed by atoms with van der Waals surface area (Å²) >= 11 is 3.55. The van der Waals surface area contributed by atoms with Crippen molar-refractivity contribution in [1.29, 1.82) is 0 Å². The van der Waals surface area contributed by atoms with E-state index in [1.54, 1.807) is 21.3 Å². The van der Waals surface area contributed by atoms with E-state index in [4.69, 9.17) is 14.2 Å². The molecule has 0 atom stereocenters. The van der Waals surface area contributed by atoms with Crippen LogP contribution in [0.2, 0.25) is 0 Å². The highest BCUT2D eigenvalue weighted by Crippen LogP contribution is 2.33. The van der Waals surface area contributed by atoms with E-state index in [0.29, 0.717) is 35.7 Å². The van der Waals surface area contributed by atoms with Crippen LogP contribution in [0.15, 0.2) is 40.9 Å². The Morgan fingerprint density at radius 2 is 1.76 bits per heavy atom. The van der Waals surface area contributed by atoms with Gasteiger partial charge in [-0.05, 0) is 55.3 Å². The second-order valence-electron chi connectivity index (χ2n) is 6.48. The normalized spacial score (nSPS) is 10.7. The number of carbonyl (C=O) groups is 1. The molecule has 1 amide bonds. The molecule has 0 saturated heterocycles. The van der Waals surface area contributed by atoms with Gasteiger partial charge in [-0.2, -0.15) is 0 Å². The molecule has 0 radical (unpaired) electrons. The van der Waals surface area contributed by atoms with E-state index in [2.05, 4.69) is 26.2 Å². The quantitative estimate of drug-likeness (QED) is 0.571. The molecular formula is C22H23BrN2O4. The average Bonchev–Trinajstić information content (AvgIpc) is 2.73. The number of amides is 1. The molecule has 0 spiro atoms. The fourth-order valence-electron chi connectivity index (χ4n) is 3.10. The highest BCUT2D eigenvalue weighted by atomic mass is 79.9. The van der Waals surface area contributed by atoms with Crippen molar-refractivity contribution in [2.75, 3.05) is 27.9 Å². The smallest absolute Gasteiger partial charge is 0.253 e. The van der Waals surface area contributed by atoms with Crippen LogP contribution in [-0.4, -0.2) is 38.8 Å². The van der Waals surface area contributed by atoms with Gasteiger partial charge in [0.2, 0.25) is 0 Å². The third-order valence-electron chi connectivity index (χ3n) is 4.69. The first-order valence-electron chi connectivity index (χ1n) is 9.10. The molecule has 0 aliphatic carbocycles. The van der Waals surface area contributed by atoms with E-state index in [-0.39, 0.29) is 5.91 Å². The molecule has 1 heterocycles. The second kappa shape index (κ2) is 9.13. The number of aromatic nitrogens is 1. The van der Waals surface area contributed by atoms with Crippen LogP contribution in [0.5, 0.6) is 17.2 Å². The van der Waals surface area contributed by atoms with Gasteiger partial charge < -0.3 is 19.5 Å². The molecule has 0 aliphatic rings. The first kappa shape index (κ1) is 20.9. The standard InChI is InChI=1S/C22H23BrN2O4/c1-13-17(10-15-9-16(27-2)5-6-19(15)25-13)22(26)24-8-7-14-11-20(28-3)21(29-4)12-18(14)23/h5-6,9-12H,7-8H2,1-4H3,(H,24,26). The van der Waals surface area contributed by atoms with Gasteiger partial charge in [0.05, 0.1) is 38.1 Å². The topological polar surface area (TPSA) is 69.7 Å². The van der Waals surface area contributed by atoms with Crippen molar-refractivity contribution in [3.05, 3.63) is 57.7 Å². The maximum atomic E-state index is 12.7. The Labute approximate surface area is 178 Å². The van der Waals surface area contributed by atoms with Crippen LogP contribution in [0.1, 0.15) is 21.6 Å². The molecule has 0 unspecified atom stereocenters. The van der Waals surface area contributed by atoms with Gasteiger partial charge in [0.25, 0.3) is 5.91 Å². The monoisotopic (exact) mass is 458 g/mol. The lowest BCUT2D eigenvalue weighted by molar-refractivity contribution is 0.0953. The number of rotatable bonds is 7. The Hall–Kier alpha value is -2.80. The number of hydrogen-bond donors (Lipinski definition) is 1. The van der Waals surface area contributed by atoms with Crippen molar-refractivity contribution in [2.45, 2.75) is 13.3 Å². The number of carbonyl (C=O) groups excluding carboxylic acids is 1. The zero-order chi connectivity index (χ0) is 21.0. The van der Waals surface area contributed by atoms with Gasteiger partial charge in [0.1, 0.15) is 5.75 Å². The first-order valence-corrected chi connectivity index (χ1v) is 9.90. The van der Waals surface area contributed by atoms with E-state index < -0.39 is 0 Å². The van der Waals surface area contributed by atoms with Crippen LogP contribution in [0, 0.1) is 6.92 Å². The fraction of sp³-hybridized carbons (Fsp3) is 0.273. The maximum absolute atomic E-state index is 12.7. The number of hydrogen-bond acceptors (Lipinski definition) is 5. The predicted molar refractivity (Wildman–Crippen MR) is 116 cm³/mol. The average molecular weight is 459 g/mol. The summed E-state index contributed by atoms with van der Waals surface area (Å²) in [4.78, 5) is 17.3. The molecule has 6 nitrogen and oxygen atoms in total. The van der Waals surface area contributed by atoms with Crippen LogP contribution in [0.25, 0.3) is 10.9 Å². The Balaban J connectivity index is 1.73. The van der Waals surface area contributed by atoms with Gasteiger partial charge in [-0.1, -0.05) is 15.9 Å². The van der Waals surface area contributed by atoms with Gasteiger partial charge in [-0.15, -0.1) is 0 Å². The summed E-state index contributed by atoms with van der Waals surface area (Å²) in [5, 5.41) is 3.84. The Bertz CT molecular complexity index is 1050. The number of aryl methyl sites for hydroxylation is 1. The van der Waals surface area contributed by atoms with Crippen molar-refractivity contribution < 1.29 is 19.0 Å². The maximum Gasteiger partial charge on any atom is 0.253 e. The lowest BCUT2D eigenvalue weighted by Crippen LogP contribution is -2.26. The number of ether oxygens (including phenoxy) is 3. The van der Waals surface area contributed by atoms with Crippen molar-refractivity contribution in [1.82, 2.24) is 10.3 Å². The van der Waals surface area contributed by atoms with Crippen molar-refractivity contribution in [3.8, 4) is 17.2 Å². The van der Waals surface area contributed by atoms with Crippen LogP contribution in [0.3, 0.4) is 0 Å². The summed E-state index contributed by atoms with van der Waals surface area (Å²) in [6, 6.07) is 11.2. The number of nitrogens with one attached hydrogen (secondary N) is 1. The molecule has 29 heavy (non-hydrogen) atoms. The van der Waals surface area contributed by atoms with Crippen LogP contribution >= 0.6 is 15.9 Å². The number of benzene rings is 2. The summed E-state index contributed by atoms with van der Waals surface area (Å²) < 4.78 is 16.8. The van der Waals surface area contributed by atoms with Gasteiger partial charge in [-0.3, -0.25) is 9.78 Å². The van der Waals surface area contributed by atoms with Gasteiger partial charge in [-0.25, -0.2) is 0 Å². The molecule has 152 valence electrons. The molecule has 1 N–H and O–H groups in total. The number of methoxy groups -OCH3 is 3. The molecule has 0 aliphatic heterocycles. The number of fused-ring (bicyclic) bond motifs is 1. The molecule has 2 aromatic carbocycles. The summed E-state index contributed by atoms with van der Waals surface area (Å²) in [6.07, 6.45) is 0.639. The van der Waals surface area contributed by atoms with Crippen LogP contribution < -0.4 is 19.5 Å². The molecule has 0 fully saturated rings. The highest BCUT2D eigenvalue weighted by molar-refractivity contribution is 9.10. The van der Waals surface area contributed by atoms with Crippen molar-refractivity contribution >= 4 is 32.7 Å². The number of halogens is 1. The molecule has 1 aromatic heterocycles. The summed E-state index contributed by atoms with van der Waals surface area (Å²) in [5.41, 5.74) is 3.08. The van der Waals surface area contributed by atoms with E-state index >= 15 is 0 Å². The van der Waals surface area contributed by atoms with Crippen LogP contribution in [-0.2, 0) is 6.42 Å². The number of pyridine rings is 1. The highest BCUT2D eigenvalue weighted by Gasteiger charge is 2.13. The van der Waals surface area contributed by atoms with Gasteiger partial charge >= 0.3 is 0 Å². The lowest BCUT2D eigenvalue weighted by Gasteiger charge is -2.13. The van der Waals surface area contributed by atoms with E-state index in [9.17, 15) is 4.79 Å². The summed E-state index contributed by atoms with van der Waals surface area (Å²) in [5.74, 6) is 1.88. The number of nitrogens with zero attached hydrogens (tertiary/aromatic N) is 1. The molecule has 7 heteroatoms. The van der Waals surface area contributed by atoms with E-state index in [1.165, 1.54) is 0 Å². The largest absolute Gasteiger partial charge is 0.497 e.